The van der Waals surface area contributed by atoms with Gasteiger partial charge in [0.2, 0.25) is 0 Å². The SMILES string of the molecule is O=Cc1cc(Br)cc(Cc2cccnc2)c1. The van der Waals surface area contributed by atoms with Gasteiger partial charge in [0.15, 0.2) is 0 Å². The van der Waals surface area contributed by atoms with Gasteiger partial charge in [-0.15, -0.1) is 0 Å². The van der Waals surface area contributed by atoms with E-state index in [-0.39, 0.29) is 0 Å². The zero-order valence-electron chi connectivity index (χ0n) is 8.56. The van der Waals surface area contributed by atoms with Crippen LogP contribution in [0.15, 0.2) is 47.2 Å². The van der Waals surface area contributed by atoms with Gasteiger partial charge < -0.3 is 0 Å². The van der Waals surface area contributed by atoms with Crippen molar-refractivity contribution in [3.8, 4) is 0 Å². The van der Waals surface area contributed by atoms with E-state index in [1.807, 2.05) is 30.5 Å². The van der Waals surface area contributed by atoms with Gasteiger partial charge in [-0.05, 0) is 41.8 Å². The predicted molar refractivity (Wildman–Crippen MR) is 66.6 cm³/mol. The minimum Gasteiger partial charge on any atom is -0.298 e. The summed E-state index contributed by atoms with van der Waals surface area (Å²) in [6.07, 6.45) is 5.23. The molecule has 2 nitrogen and oxygen atoms in total. The molecule has 0 saturated carbocycles. The molecule has 0 radical (unpaired) electrons. The summed E-state index contributed by atoms with van der Waals surface area (Å²) in [7, 11) is 0. The molecule has 0 aliphatic carbocycles. The number of hydrogen-bond acceptors (Lipinski definition) is 2. The number of nitrogens with zero attached hydrogens (tertiary/aromatic N) is 1. The second-order valence-electron chi connectivity index (χ2n) is 3.55. The molecule has 16 heavy (non-hydrogen) atoms. The fourth-order valence-corrected chi connectivity index (χ4v) is 2.14. The quantitative estimate of drug-likeness (QED) is 0.805. The summed E-state index contributed by atoms with van der Waals surface area (Å²) in [5.41, 5.74) is 2.93. The minimum absolute atomic E-state index is 0.688. The molecule has 1 aromatic carbocycles. The monoisotopic (exact) mass is 275 g/mol. The zero-order chi connectivity index (χ0) is 11.4. The summed E-state index contributed by atoms with van der Waals surface area (Å²) >= 11 is 3.39. The van der Waals surface area contributed by atoms with Gasteiger partial charge in [-0.3, -0.25) is 9.78 Å². The Bertz CT molecular complexity index is 497. The van der Waals surface area contributed by atoms with Crippen molar-refractivity contribution in [3.63, 3.8) is 0 Å². The smallest absolute Gasteiger partial charge is 0.150 e. The van der Waals surface area contributed by atoms with Crippen molar-refractivity contribution in [2.75, 3.05) is 0 Å². The van der Waals surface area contributed by atoms with Gasteiger partial charge in [0.05, 0.1) is 0 Å². The first kappa shape index (κ1) is 11.0. The van der Waals surface area contributed by atoms with Crippen LogP contribution in [0.1, 0.15) is 21.5 Å². The first-order valence-corrected chi connectivity index (χ1v) is 5.71. The summed E-state index contributed by atoms with van der Waals surface area (Å²) in [6.45, 7) is 0. The Morgan fingerprint density at radius 1 is 1.25 bits per heavy atom. The number of benzene rings is 1. The van der Waals surface area contributed by atoms with Gasteiger partial charge in [-0.25, -0.2) is 0 Å². The van der Waals surface area contributed by atoms with Crippen LogP contribution in [0.25, 0.3) is 0 Å². The summed E-state index contributed by atoms with van der Waals surface area (Å²) < 4.78 is 0.927. The molecule has 0 amide bonds. The lowest BCUT2D eigenvalue weighted by Gasteiger charge is -2.03. The van der Waals surface area contributed by atoms with Crippen LogP contribution in [0, 0.1) is 0 Å². The van der Waals surface area contributed by atoms with Crippen molar-refractivity contribution in [2.24, 2.45) is 0 Å². The highest BCUT2D eigenvalue weighted by Gasteiger charge is 2.00. The second kappa shape index (κ2) is 5.03. The van der Waals surface area contributed by atoms with E-state index >= 15 is 0 Å². The molecule has 0 aliphatic heterocycles. The van der Waals surface area contributed by atoms with E-state index in [0.29, 0.717) is 5.56 Å². The Kier molecular flexibility index (Phi) is 3.47. The van der Waals surface area contributed by atoms with Gasteiger partial charge in [0, 0.05) is 22.4 Å². The highest BCUT2D eigenvalue weighted by molar-refractivity contribution is 9.10. The summed E-state index contributed by atoms with van der Waals surface area (Å²) in [5.74, 6) is 0. The lowest BCUT2D eigenvalue weighted by molar-refractivity contribution is 0.112. The molecule has 0 bridgehead atoms. The fraction of sp³-hybridized carbons (Fsp3) is 0.0769. The van der Waals surface area contributed by atoms with Crippen LogP contribution < -0.4 is 0 Å². The second-order valence-corrected chi connectivity index (χ2v) is 4.46. The van der Waals surface area contributed by atoms with Gasteiger partial charge in [0.25, 0.3) is 0 Å². The molecule has 1 heterocycles. The maximum atomic E-state index is 10.7. The van der Waals surface area contributed by atoms with E-state index in [4.69, 9.17) is 0 Å². The fourth-order valence-electron chi connectivity index (χ4n) is 1.58. The third-order valence-corrected chi connectivity index (χ3v) is 2.70. The molecule has 0 unspecified atom stereocenters. The third kappa shape index (κ3) is 2.76. The Hall–Kier alpha value is -1.48. The summed E-state index contributed by atoms with van der Waals surface area (Å²) in [4.78, 5) is 14.8. The maximum absolute atomic E-state index is 10.7. The highest BCUT2D eigenvalue weighted by Crippen LogP contribution is 2.17. The molecule has 0 atom stereocenters. The van der Waals surface area contributed by atoms with E-state index in [9.17, 15) is 4.79 Å². The average molecular weight is 276 g/mol. The van der Waals surface area contributed by atoms with Gasteiger partial charge in [-0.1, -0.05) is 22.0 Å². The van der Waals surface area contributed by atoms with Gasteiger partial charge >= 0.3 is 0 Å². The number of carbonyl (C=O) groups is 1. The number of aromatic nitrogens is 1. The standard InChI is InChI=1S/C13H10BrNO/c14-13-6-11(5-12(7-13)9-16)4-10-2-1-3-15-8-10/h1-3,5-9H,4H2. The first-order chi connectivity index (χ1) is 7.78. The number of hydrogen-bond donors (Lipinski definition) is 0. The molecular formula is C13H10BrNO. The molecule has 1 aromatic heterocycles. The van der Waals surface area contributed by atoms with Crippen molar-refractivity contribution in [2.45, 2.75) is 6.42 Å². The first-order valence-electron chi connectivity index (χ1n) is 4.91. The van der Waals surface area contributed by atoms with E-state index in [1.165, 1.54) is 0 Å². The molecule has 0 saturated heterocycles. The third-order valence-electron chi connectivity index (χ3n) is 2.25. The average Bonchev–Trinajstić information content (AvgIpc) is 2.29. The van der Waals surface area contributed by atoms with Crippen LogP contribution in [-0.4, -0.2) is 11.3 Å². The van der Waals surface area contributed by atoms with Crippen LogP contribution >= 0.6 is 15.9 Å². The molecule has 80 valence electrons. The lowest BCUT2D eigenvalue weighted by Crippen LogP contribution is -1.91. The summed E-state index contributed by atoms with van der Waals surface area (Å²) in [5, 5.41) is 0. The van der Waals surface area contributed by atoms with E-state index in [0.717, 1.165) is 28.3 Å². The normalized spacial score (nSPS) is 10.1. The van der Waals surface area contributed by atoms with Crippen molar-refractivity contribution in [3.05, 3.63) is 63.9 Å². The molecule has 2 rings (SSSR count). The Balaban J connectivity index is 2.28. The van der Waals surface area contributed by atoms with Crippen molar-refractivity contribution < 1.29 is 4.79 Å². The molecule has 0 fully saturated rings. The van der Waals surface area contributed by atoms with E-state index < -0.39 is 0 Å². The maximum Gasteiger partial charge on any atom is 0.150 e. The molecular weight excluding hydrogens is 266 g/mol. The molecule has 0 aliphatic rings. The topological polar surface area (TPSA) is 30.0 Å². The predicted octanol–water partition coefficient (Wildman–Crippen LogP) is 3.25. The number of halogens is 1. The van der Waals surface area contributed by atoms with Crippen molar-refractivity contribution >= 4 is 22.2 Å². The minimum atomic E-state index is 0.688. The van der Waals surface area contributed by atoms with E-state index in [1.54, 1.807) is 12.3 Å². The van der Waals surface area contributed by atoms with Crippen molar-refractivity contribution in [1.82, 2.24) is 4.98 Å². The van der Waals surface area contributed by atoms with Crippen LogP contribution in [0.4, 0.5) is 0 Å². The van der Waals surface area contributed by atoms with Gasteiger partial charge in [0.1, 0.15) is 6.29 Å². The molecule has 2 aromatic rings. The molecule has 0 N–H and O–H groups in total. The van der Waals surface area contributed by atoms with Crippen LogP contribution in [0.5, 0.6) is 0 Å². The Morgan fingerprint density at radius 3 is 2.81 bits per heavy atom. The van der Waals surface area contributed by atoms with Gasteiger partial charge in [-0.2, -0.15) is 0 Å². The number of aldehydes is 1. The van der Waals surface area contributed by atoms with Crippen LogP contribution in [-0.2, 0) is 6.42 Å². The zero-order valence-corrected chi connectivity index (χ0v) is 10.1. The molecule has 3 heteroatoms. The molecule has 0 spiro atoms. The highest BCUT2D eigenvalue weighted by atomic mass is 79.9. The Morgan fingerprint density at radius 2 is 2.12 bits per heavy atom. The lowest BCUT2D eigenvalue weighted by atomic mass is 10.0. The summed E-state index contributed by atoms with van der Waals surface area (Å²) in [6, 6.07) is 9.65. The van der Waals surface area contributed by atoms with Crippen LogP contribution in [0.2, 0.25) is 0 Å². The van der Waals surface area contributed by atoms with Crippen LogP contribution in [0.3, 0.4) is 0 Å². The Labute approximate surface area is 102 Å². The van der Waals surface area contributed by atoms with Crippen molar-refractivity contribution in [1.29, 1.82) is 0 Å². The largest absolute Gasteiger partial charge is 0.298 e. The number of rotatable bonds is 3. The van der Waals surface area contributed by atoms with E-state index in [2.05, 4.69) is 20.9 Å². The number of pyridine rings is 1. The number of carbonyl (C=O) groups excluding carboxylic acids is 1.